The van der Waals surface area contributed by atoms with Crippen LogP contribution in [0.15, 0.2) is 47.5 Å². The fraction of sp³-hybridized carbons (Fsp3) is 0.385. The third-order valence-electron chi connectivity index (χ3n) is 6.26. The molecule has 0 spiro atoms. The minimum atomic E-state index is -3.51. The number of fused-ring (bicyclic) bond motifs is 1. The molecule has 0 saturated heterocycles. The number of halogens is 1. The van der Waals surface area contributed by atoms with Gasteiger partial charge in [-0.1, -0.05) is 37.1 Å². The lowest BCUT2D eigenvalue weighted by Crippen LogP contribution is -2.29. The molecular weight excluding hydrogens is 498 g/mol. The van der Waals surface area contributed by atoms with E-state index in [1.807, 2.05) is 0 Å². The zero-order valence-corrected chi connectivity index (χ0v) is 22.5. The van der Waals surface area contributed by atoms with Crippen LogP contribution in [-0.2, 0) is 16.3 Å². The highest BCUT2D eigenvalue weighted by atomic mass is 35.5. The van der Waals surface area contributed by atoms with E-state index in [9.17, 15) is 8.42 Å². The molecule has 0 bridgehead atoms. The van der Waals surface area contributed by atoms with Crippen LogP contribution in [0.4, 0.5) is 23.1 Å². The number of methoxy groups -OCH3 is 1. The number of aromatic nitrogens is 2. The Bertz CT molecular complexity index is 1350. The molecule has 0 saturated carbocycles. The van der Waals surface area contributed by atoms with Gasteiger partial charge in [0.05, 0.1) is 34.8 Å². The minimum Gasteiger partial charge on any atom is -0.495 e. The SMILES string of the molecule is CCCC1NCCc2cc(Nc3ncc(Cl)c(Nc4ccccc4S(=O)(=O)C(C)C)n3)c(OC)cc21. The Morgan fingerprint density at radius 2 is 1.97 bits per heavy atom. The lowest BCUT2D eigenvalue weighted by Gasteiger charge is -2.28. The van der Waals surface area contributed by atoms with Gasteiger partial charge in [0.15, 0.2) is 15.7 Å². The van der Waals surface area contributed by atoms with Crippen molar-refractivity contribution >= 4 is 44.6 Å². The van der Waals surface area contributed by atoms with E-state index in [4.69, 9.17) is 16.3 Å². The molecule has 4 rings (SSSR count). The summed E-state index contributed by atoms with van der Waals surface area (Å²) in [6.07, 6.45) is 4.55. The fourth-order valence-corrected chi connectivity index (χ4v) is 5.66. The van der Waals surface area contributed by atoms with Crippen LogP contribution in [0.25, 0.3) is 0 Å². The van der Waals surface area contributed by atoms with Crippen molar-refractivity contribution in [3.05, 3.63) is 58.7 Å². The minimum absolute atomic E-state index is 0.191. The normalized spacial score (nSPS) is 15.4. The highest BCUT2D eigenvalue weighted by molar-refractivity contribution is 7.92. The number of benzene rings is 2. The summed E-state index contributed by atoms with van der Waals surface area (Å²) in [5.74, 6) is 1.30. The molecule has 0 amide bonds. The molecule has 2 heterocycles. The number of hydrogen-bond acceptors (Lipinski definition) is 8. The fourth-order valence-electron chi connectivity index (χ4n) is 4.32. The van der Waals surface area contributed by atoms with Crippen LogP contribution in [0.2, 0.25) is 5.02 Å². The van der Waals surface area contributed by atoms with Gasteiger partial charge in [0, 0.05) is 6.04 Å². The average molecular weight is 530 g/mol. The summed E-state index contributed by atoms with van der Waals surface area (Å²) in [7, 11) is -1.87. The average Bonchev–Trinajstić information content (AvgIpc) is 2.86. The van der Waals surface area contributed by atoms with E-state index >= 15 is 0 Å². The van der Waals surface area contributed by atoms with Crippen molar-refractivity contribution in [1.29, 1.82) is 0 Å². The van der Waals surface area contributed by atoms with Crippen LogP contribution in [0, 0.1) is 0 Å². The molecule has 10 heteroatoms. The number of sulfone groups is 1. The monoisotopic (exact) mass is 529 g/mol. The lowest BCUT2D eigenvalue weighted by atomic mass is 9.91. The number of nitrogens with zero attached hydrogens (tertiary/aromatic N) is 2. The number of rotatable bonds is 9. The molecule has 0 radical (unpaired) electrons. The van der Waals surface area contributed by atoms with Crippen LogP contribution in [-0.4, -0.2) is 37.3 Å². The summed E-state index contributed by atoms with van der Waals surface area (Å²) in [6, 6.07) is 11.2. The van der Waals surface area contributed by atoms with Gasteiger partial charge in [-0.25, -0.2) is 13.4 Å². The largest absolute Gasteiger partial charge is 0.495 e. The third kappa shape index (κ3) is 5.43. The van der Waals surface area contributed by atoms with E-state index < -0.39 is 15.1 Å². The maximum Gasteiger partial charge on any atom is 0.229 e. The molecule has 1 unspecified atom stereocenters. The first kappa shape index (κ1) is 26.2. The molecule has 0 aliphatic carbocycles. The van der Waals surface area contributed by atoms with Gasteiger partial charge in [-0.05, 0) is 68.6 Å². The van der Waals surface area contributed by atoms with Crippen molar-refractivity contribution < 1.29 is 13.2 Å². The molecule has 1 aromatic heterocycles. The molecule has 192 valence electrons. The van der Waals surface area contributed by atoms with Crippen molar-refractivity contribution in [2.24, 2.45) is 0 Å². The first-order valence-electron chi connectivity index (χ1n) is 12.1. The van der Waals surface area contributed by atoms with Gasteiger partial charge < -0.3 is 20.7 Å². The molecule has 36 heavy (non-hydrogen) atoms. The van der Waals surface area contributed by atoms with Gasteiger partial charge >= 0.3 is 0 Å². The zero-order valence-electron chi connectivity index (χ0n) is 20.9. The summed E-state index contributed by atoms with van der Waals surface area (Å²) in [5.41, 5.74) is 3.67. The highest BCUT2D eigenvalue weighted by Crippen LogP contribution is 2.37. The Hall–Kier alpha value is -2.88. The first-order valence-corrected chi connectivity index (χ1v) is 14.0. The van der Waals surface area contributed by atoms with Crippen LogP contribution in [0.1, 0.15) is 50.8 Å². The number of nitrogens with one attached hydrogen (secondary N) is 3. The lowest BCUT2D eigenvalue weighted by molar-refractivity contribution is 0.411. The number of hydrogen-bond donors (Lipinski definition) is 3. The van der Waals surface area contributed by atoms with Gasteiger partial charge in [0.25, 0.3) is 0 Å². The first-order chi connectivity index (χ1) is 17.2. The Morgan fingerprint density at radius 1 is 1.19 bits per heavy atom. The summed E-state index contributed by atoms with van der Waals surface area (Å²) in [6.45, 7) is 6.41. The Labute approximate surface area is 217 Å². The van der Waals surface area contributed by atoms with E-state index in [1.54, 1.807) is 45.2 Å². The van der Waals surface area contributed by atoms with Gasteiger partial charge in [-0.2, -0.15) is 4.98 Å². The predicted octanol–water partition coefficient (Wildman–Crippen LogP) is 5.79. The van der Waals surface area contributed by atoms with Crippen LogP contribution < -0.4 is 20.7 Å². The Kier molecular flexibility index (Phi) is 8.02. The smallest absolute Gasteiger partial charge is 0.229 e. The number of para-hydroxylation sites is 1. The van der Waals surface area contributed by atoms with Crippen LogP contribution in [0.3, 0.4) is 0 Å². The Balaban J connectivity index is 1.65. The maximum atomic E-state index is 12.9. The predicted molar refractivity (Wildman–Crippen MR) is 145 cm³/mol. The van der Waals surface area contributed by atoms with Gasteiger partial charge in [-0.15, -0.1) is 0 Å². The molecule has 8 nitrogen and oxygen atoms in total. The summed E-state index contributed by atoms with van der Waals surface area (Å²) < 4.78 is 31.4. The second kappa shape index (κ2) is 11.0. The van der Waals surface area contributed by atoms with Crippen LogP contribution >= 0.6 is 11.6 Å². The maximum absolute atomic E-state index is 12.9. The van der Waals surface area contributed by atoms with Gasteiger partial charge in [0.1, 0.15) is 10.8 Å². The second-order valence-electron chi connectivity index (χ2n) is 9.03. The molecule has 2 aromatic carbocycles. The topological polar surface area (TPSA) is 105 Å². The summed E-state index contributed by atoms with van der Waals surface area (Å²) in [4.78, 5) is 9.05. The van der Waals surface area contributed by atoms with Crippen molar-refractivity contribution in [2.45, 2.75) is 56.2 Å². The van der Waals surface area contributed by atoms with Crippen molar-refractivity contribution in [1.82, 2.24) is 15.3 Å². The molecule has 1 aliphatic rings. The van der Waals surface area contributed by atoms with E-state index in [0.717, 1.165) is 31.5 Å². The standard InChI is InChI=1S/C26H32ClN5O3S/c1-5-8-20-18-14-23(35-4)22(13-17(18)11-12-28-20)31-26-29-15-19(27)25(32-26)30-21-9-6-7-10-24(21)36(33,34)16(2)3/h6-7,9-10,13-16,20,28H,5,8,11-12H2,1-4H3,(H2,29,30,31,32). The van der Waals surface area contributed by atoms with Crippen molar-refractivity contribution in [2.75, 3.05) is 24.3 Å². The Morgan fingerprint density at radius 3 is 2.69 bits per heavy atom. The molecule has 1 atom stereocenters. The van der Waals surface area contributed by atoms with E-state index in [0.29, 0.717) is 29.2 Å². The van der Waals surface area contributed by atoms with Gasteiger partial charge in [0.2, 0.25) is 5.95 Å². The third-order valence-corrected chi connectivity index (χ3v) is 8.74. The zero-order chi connectivity index (χ0) is 25.9. The van der Waals surface area contributed by atoms with E-state index in [-0.39, 0.29) is 9.92 Å². The van der Waals surface area contributed by atoms with Crippen molar-refractivity contribution in [3.8, 4) is 5.75 Å². The molecule has 3 N–H and O–H groups in total. The number of ether oxygens (including phenoxy) is 1. The van der Waals surface area contributed by atoms with E-state index in [2.05, 4.69) is 45.0 Å². The van der Waals surface area contributed by atoms with Crippen LogP contribution in [0.5, 0.6) is 5.75 Å². The summed E-state index contributed by atoms with van der Waals surface area (Å²) >= 11 is 6.38. The second-order valence-corrected chi connectivity index (χ2v) is 11.9. The number of anilines is 4. The van der Waals surface area contributed by atoms with E-state index in [1.165, 1.54) is 17.3 Å². The highest BCUT2D eigenvalue weighted by Gasteiger charge is 2.24. The molecule has 3 aromatic rings. The molecule has 1 aliphatic heterocycles. The van der Waals surface area contributed by atoms with Crippen molar-refractivity contribution in [3.63, 3.8) is 0 Å². The molecule has 0 fully saturated rings. The molecular formula is C26H32ClN5O3S. The summed E-state index contributed by atoms with van der Waals surface area (Å²) in [5, 5.41) is 9.63. The quantitative estimate of drug-likeness (QED) is 0.319. The van der Waals surface area contributed by atoms with Gasteiger partial charge in [-0.3, -0.25) is 0 Å².